The van der Waals surface area contributed by atoms with Crippen LogP contribution in [0, 0.1) is 11.3 Å². The molecular weight excluding hydrogens is 176 g/mol. The van der Waals surface area contributed by atoms with Crippen molar-refractivity contribution in [3.05, 3.63) is 29.3 Å². The van der Waals surface area contributed by atoms with Crippen LogP contribution in [0.4, 0.5) is 8.78 Å². The summed E-state index contributed by atoms with van der Waals surface area (Å²) in [6.07, 6.45) is -2.62. The monoisotopic (exact) mass is 183 g/mol. The number of methoxy groups -OCH3 is 1. The lowest BCUT2D eigenvalue weighted by atomic mass is 10.1. The van der Waals surface area contributed by atoms with E-state index >= 15 is 0 Å². The van der Waals surface area contributed by atoms with Gasteiger partial charge in [0.05, 0.1) is 18.2 Å². The molecular formula is C9H7F2NO. The van der Waals surface area contributed by atoms with Gasteiger partial charge >= 0.3 is 0 Å². The van der Waals surface area contributed by atoms with Crippen molar-refractivity contribution in [2.24, 2.45) is 0 Å². The second-order valence-electron chi connectivity index (χ2n) is 2.34. The zero-order valence-corrected chi connectivity index (χ0v) is 6.92. The molecule has 0 amide bonds. The Morgan fingerprint density at radius 1 is 1.46 bits per heavy atom. The highest BCUT2D eigenvalue weighted by atomic mass is 19.3. The van der Waals surface area contributed by atoms with E-state index in [4.69, 9.17) is 10.00 Å². The van der Waals surface area contributed by atoms with Gasteiger partial charge in [-0.3, -0.25) is 0 Å². The minimum atomic E-state index is -2.62. The van der Waals surface area contributed by atoms with Gasteiger partial charge in [-0.05, 0) is 12.1 Å². The Balaban J connectivity index is 3.29. The van der Waals surface area contributed by atoms with Gasteiger partial charge in [0.2, 0.25) is 0 Å². The standard InChI is InChI=1S/C9H7F2NO/c1-13-8-6(5-12)3-2-4-7(8)9(10)11/h2-4,9H,1H3. The van der Waals surface area contributed by atoms with Crippen molar-refractivity contribution in [1.29, 1.82) is 5.26 Å². The van der Waals surface area contributed by atoms with E-state index in [2.05, 4.69) is 0 Å². The Morgan fingerprint density at radius 3 is 2.62 bits per heavy atom. The van der Waals surface area contributed by atoms with Crippen LogP contribution in [-0.2, 0) is 0 Å². The molecule has 0 radical (unpaired) electrons. The molecule has 4 heteroatoms. The summed E-state index contributed by atoms with van der Waals surface area (Å²) in [5, 5.41) is 8.58. The molecule has 0 fully saturated rings. The van der Waals surface area contributed by atoms with E-state index in [1.165, 1.54) is 25.3 Å². The van der Waals surface area contributed by atoms with E-state index in [-0.39, 0.29) is 16.9 Å². The Labute approximate surface area is 74.4 Å². The number of hydrogen-bond donors (Lipinski definition) is 0. The highest BCUT2D eigenvalue weighted by Gasteiger charge is 2.16. The van der Waals surface area contributed by atoms with Crippen molar-refractivity contribution in [2.75, 3.05) is 7.11 Å². The number of alkyl halides is 2. The first-order chi connectivity index (χ1) is 6.20. The van der Waals surface area contributed by atoms with Gasteiger partial charge in [0, 0.05) is 0 Å². The van der Waals surface area contributed by atoms with Crippen LogP contribution in [-0.4, -0.2) is 7.11 Å². The molecule has 13 heavy (non-hydrogen) atoms. The molecule has 68 valence electrons. The number of para-hydroxylation sites is 1. The molecule has 0 aliphatic carbocycles. The smallest absolute Gasteiger partial charge is 0.267 e. The first-order valence-corrected chi connectivity index (χ1v) is 3.56. The third-order valence-corrected chi connectivity index (χ3v) is 1.61. The van der Waals surface area contributed by atoms with E-state index in [0.29, 0.717) is 0 Å². The fourth-order valence-corrected chi connectivity index (χ4v) is 1.04. The van der Waals surface area contributed by atoms with Crippen molar-refractivity contribution >= 4 is 0 Å². The van der Waals surface area contributed by atoms with Crippen molar-refractivity contribution < 1.29 is 13.5 Å². The Morgan fingerprint density at radius 2 is 2.15 bits per heavy atom. The van der Waals surface area contributed by atoms with Crippen LogP contribution in [0.2, 0.25) is 0 Å². The van der Waals surface area contributed by atoms with E-state index < -0.39 is 6.43 Å². The van der Waals surface area contributed by atoms with Crippen LogP contribution >= 0.6 is 0 Å². The Kier molecular flexibility index (Phi) is 2.80. The second kappa shape index (κ2) is 3.85. The summed E-state index contributed by atoms with van der Waals surface area (Å²) in [7, 11) is 1.27. The lowest BCUT2D eigenvalue weighted by Crippen LogP contribution is -1.95. The number of hydrogen-bond acceptors (Lipinski definition) is 2. The topological polar surface area (TPSA) is 33.0 Å². The third-order valence-electron chi connectivity index (χ3n) is 1.61. The maximum absolute atomic E-state index is 12.3. The lowest BCUT2D eigenvalue weighted by molar-refractivity contribution is 0.147. The van der Waals surface area contributed by atoms with Crippen LogP contribution in [0.5, 0.6) is 5.75 Å². The molecule has 0 unspecified atom stereocenters. The highest BCUT2D eigenvalue weighted by molar-refractivity contribution is 5.48. The van der Waals surface area contributed by atoms with E-state index in [1.54, 1.807) is 6.07 Å². The van der Waals surface area contributed by atoms with E-state index in [9.17, 15) is 8.78 Å². The average molecular weight is 183 g/mol. The molecule has 0 aliphatic rings. The van der Waals surface area contributed by atoms with Gasteiger partial charge in [0.25, 0.3) is 6.43 Å². The normalized spacial score (nSPS) is 9.77. The van der Waals surface area contributed by atoms with Crippen molar-refractivity contribution in [1.82, 2.24) is 0 Å². The minimum Gasteiger partial charge on any atom is -0.495 e. The summed E-state index contributed by atoms with van der Waals surface area (Å²) >= 11 is 0. The molecule has 0 atom stereocenters. The van der Waals surface area contributed by atoms with Crippen LogP contribution < -0.4 is 4.74 Å². The first kappa shape index (κ1) is 9.46. The summed E-state index contributed by atoms with van der Waals surface area (Å²) < 4.78 is 29.4. The lowest BCUT2D eigenvalue weighted by Gasteiger charge is -2.08. The zero-order valence-electron chi connectivity index (χ0n) is 6.92. The number of nitriles is 1. The number of nitrogens with zero attached hydrogens (tertiary/aromatic N) is 1. The van der Waals surface area contributed by atoms with Gasteiger partial charge in [-0.15, -0.1) is 0 Å². The summed E-state index contributed by atoms with van der Waals surface area (Å²) in [4.78, 5) is 0. The molecule has 0 aromatic heterocycles. The molecule has 0 aliphatic heterocycles. The molecule has 2 nitrogen and oxygen atoms in total. The van der Waals surface area contributed by atoms with Gasteiger partial charge < -0.3 is 4.74 Å². The fourth-order valence-electron chi connectivity index (χ4n) is 1.04. The zero-order chi connectivity index (χ0) is 9.84. The first-order valence-electron chi connectivity index (χ1n) is 3.56. The molecule has 0 saturated heterocycles. The fraction of sp³-hybridized carbons (Fsp3) is 0.222. The number of halogens is 2. The van der Waals surface area contributed by atoms with Gasteiger partial charge in [-0.1, -0.05) is 6.07 Å². The largest absolute Gasteiger partial charge is 0.495 e. The van der Waals surface area contributed by atoms with Crippen molar-refractivity contribution in [2.45, 2.75) is 6.43 Å². The third kappa shape index (κ3) is 1.75. The molecule has 1 rings (SSSR count). The van der Waals surface area contributed by atoms with Crippen molar-refractivity contribution in [3.63, 3.8) is 0 Å². The molecule has 0 heterocycles. The second-order valence-corrected chi connectivity index (χ2v) is 2.34. The van der Waals surface area contributed by atoms with Crippen LogP contribution in [0.1, 0.15) is 17.6 Å². The van der Waals surface area contributed by atoms with Crippen LogP contribution in [0.25, 0.3) is 0 Å². The summed E-state index contributed by atoms with van der Waals surface area (Å²) in [5.74, 6) is -0.0417. The quantitative estimate of drug-likeness (QED) is 0.705. The Hall–Kier alpha value is -1.63. The predicted molar refractivity (Wildman–Crippen MR) is 42.7 cm³/mol. The maximum atomic E-state index is 12.3. The number of rotatable bonds is 2. The van der Waals surface area contributed by atoms with E-state index in [0.717, 1.165) is 0 Å². The number of benzene rings is 1. The summed E-state index contributed by atoms with van der Waals surface area (Å²) in [6, 6.07) is 5.86. The molecule has 1 aromatic rings. The summed E-state index contributed by atoms with van der Waals surface area (Å²) in [6.45, 7) is 0. The van der Waals surface area contributed by atoms with E-state index in [1.807, 2.05) is 0 Å². The molecule has 0 bridgehead atoms. The SMILES string of the molecule is COc1c(C#N)cccc1C(F)F. The van der Waals surface area contributed by atoms with Crippen molar-refractivity contribution in [3.8, 4) is 11.8 Å². The summed E-state index contributed by atoms with van der Waals surface area (Å²) in [5.41, 5.74) is -0.123. The van der Waals surface area contributed by atoms with Crippen LogP contribution in [0.3, 0.4) is 0 Å². The van der Waals surface area contributed by atoms with Gasteiger partial charge in [0.15, 0.2) is 0 Å². The average Bonchev–Trinajstić information content (AvgIpc) is 2.16. The predicted octanol–water partition coefficient (Wildman–Crippen LogP) is 2.50. The van der Waals surface area contributed by atoms with Crippen LogP contribution in [0.15, 0.2) is 18.2 Å². The Bertz CT molecular complexity index is 344. The molecule has 0 spiro atoms. The maximum Gasteiger partial charge on any atom is 0.267 e. The van der Waals surface area contributed by atoms with Gasteiger partial charge in [0.1, 0.15) is 11.8 Å². The molecule has 0 saturated carbocycles. The minimum absolute atomic E-state index is 0.0417. The number of ether oxygens (including phenoxy) is 1. The molecule has 0 N–H and O–H groups in total. The molecule has 1 aromatic carbocycles. The van der Waals surface area contributed by atoms with Gasteiger partial charge in [-0.2, -0.15) is 5.26 Å². The highest BCUT2D eigenvalue weighted by Crippen LogP contribution is 2.31. The van der Waals surface area contributed by atoms with Gasteiger partial charge in [-0.25, -0.2) is 8.78 Å².